The van der Waals surface area contributed by atoms with Crippen LogP contribution in [0.15, 0.2) is 46.6 Å². The molecule has 2 amide bonds. The van der Waals surface area contributed by atoms with E-state index in [1.165, 1.54) is 32.1 Å². The molecular weight excluding hydrogens is 508 g/mol. The summed E-state index contributed by atoms with van der Waals surface area (Å²) in [4.78, 5) is 53.6. The first-order chi connectivity index (χ1) is 18.7. The summed E-state index contributed by atoms with van der Waals surface area (Å²) in [5.74, 6) is -9.01. The zero-order valence-electron chi connectivity index (χ0n) is 25.7. The molecule has 1 rings (SSSR count). The molecule has 0 atom stereocenters. The molecule has 1 fully saturated rings. The van der Waals surface area contributed by atoms with Gasteiger partial charge in [-0.1, -0.05) is 46.6 Å². The molecule has 0 saturated heterocycles. The van der Waals surface area contributed by atoms with E-state index in [1.807, 2.05) is 26.0 Å². The molecule has 0 aliphatic heterocycles. The van der Waals surface area contributed by atoms with E-state index in [2.05, 4.69) is 39.8 Å². The van der Waals surface area contributed by atoms with Crippen LogP contribution in [0.2, 0.25) is 0 Å². The van der Waals surface area contributed by atoms with Gasteiger partial charge in [0.15, 0.2) is 0 Å². The topological polar surface area (TPSA) is 115 Å². The number of carbonyl (C=O) groups is 4. The molecule has 0 aromatic rings. The Labute approximate surface area is 240 Å². The number of allylic oxidation sites excluding steroid dienone is 6. The van der Waals surface area contributed by atoms with Crippen molar-refractivity contribution in [2.75, 3.05) is 27.2 Å². The van der Waals surface area contributed by atoms with Gasteiger partial charge in [0.1, 0.15) is 0 Å². The Bertz CT molecular complexity index is 940. The van der Waals surface area contributed by atoms with Crippen LogP contribution in [0.5, 0.6) is 0 Å². The second-order valence-electron chi connectivity index (χ2n) is 11.6. The SMILES string of the molecule is CC(C)=CCC/C(C)=C/CCN(C)C(=O)C1C(C(=O)O)C(C(=O)N(C)CC/C=C(\C)CCC=C(C)C)C1C(=O)O. The summed E-state index contributed by atoms with van der Waals surface area (Å²) in [6.45, 7) is 13.0. The average Bonchev–Trinajstić information content (AvgIpc) is 2.81. The van der Waals surface area contributed by atoms with Crippen molar-refractivity contribution in [3.05, 3.63) is 46.6 Å². The maximum absolute atomic E-state index is 13.2. The normalized spacial score (nSPS) is 20.7. The van der Waals surface area contributed by atoms with Crippen LogP contribution in [0.3, 0.4) is 0 Å². The lowest BCUT2D eigenvalue weighted by atomic mass is 9.55. The third-order valence-corrected chi connectivity index (χ3v) is 7.54. The molecule has 8 nitrogen and oxygen atoms in total. The molecule has 1 saturated carbocycles. The van der Waals surface area contributed by atoms with E-state index < -0.39 is 47.4 Å². The van der Waals surface area contributed by atoms with Crippen molar-refractivity contribution in [2.45, 2.75) is 80.1 Å². The molecule has 40 heavy (non-hydrogen) atoms. The zero-order valence-corrected chi connectivity index (χ0v) is 25.7. The highest BCUT2D eigenvalue weighted by Gasteiger charge is 2.64. The number of rotatable bonds is 16. The molecule has 0 aromatic heterocycles. The molecule has 1 aliphatic carbocycles. The van der Waals surface area contributed by atoms with Crippen LogP contribution < -0.4 is 0 Å². The van der Waals surface area contributed by atoms with Gasteiger partial charge in [0.05, 0.1) is 23.7 Å². The van der Waals surface area contributed by atoms with Gasteiger partial charge in [0, 0.05) is 27.2 Å². The summed E-state index contributed by atoms with van der Waals surface area (Å²) < 4.78 is 0. The maximum atomic E-state index is 13.2. The molecule has 8 heteroatoms. The highest BCUT2D eigenvalue weighted by molar-refractivity contribution is 5.99. The molecule has 0 unspecified atom stereocenters. The van der Waals surface area contributed by atoms with Gasteiger partial charge in [-0.25, -0.2) is 0 Å². The Hall–Kier alpha value is -3.16. The van der Waals surface area contributed by atoms with Crippen molar-refractivity contribution in [3.8, 4) is 0 Å². The Morgan fingerprint density at radius 2 is 0.875 bits per heavy atom. The van der Waals surface area contributed by atoms with Gasteiger partial charge >= 0.3 is 11.9 Å². The Balaban J connectivity index is 2.85. The molecule has 0 heterocycles. The monoisotopic (exact) mass is 558 g/mol. The highest BCUT2D eigenvalue weighted by Crippen LogP contribution is 2.48. The summed E-state index contributed by atoms with van der Waals surface area (Å²) in [6, 6.07) is 0. The van der Waals surface area contributed by atoms with Crippen LogP contribution in [0.25, 0.3) is 0 Å². The molecule has 224 valence electrons. The lowest BCUT2D eigenvalue weighted by Gasteiger charge is -2.47. The van der Waals surface area contributed by atoms with Gasteiger partial charge in [0.2, 0.25) is 11.8 Å². The Kier molecular flexibility index (Phi) is 14.7. The fourth-order valence-electron chi connectivity index (χ4n) is 5.10. The first-order valence-electron chi connectivity index (χ1n) is 14.2. The predicted octanol–water partition coefficient (Wildman–Crippen LogP) is 5.72. The van der Waals surface area contributed by atoms with E-state index in [9.17, 15) is 29.4 Å². The van der Waals surface area contributed by atoms with Crippen molar-refractivity contribution in [1.82, 2.24) is 9.80 Å². The first kappa shape index (κ1) is 34.9. The van der Waals surface area contributed by atoms with Crippen molar-refractivity contribution >= 4 is 23.8 Å². The van der Waals surface area contributed by atoms with Crippen LogP contribution in [0.4, 0.5) is 0 Å². The van der Waals surface area contributed by atoms with E-state index in [1.54, 1.807) is 14.1 Å². The number of carboxylic acids is 2. The minimum absolute atomic E-state index is 0.339. The number of hydrogen-bond donors (Lipinski definition) is 2. The Morgan fingerprint density at radius 1 is 0.550 bits per heavy atom. The summed E-state index contributed by atoms with van der Waals surface area (Å²) in [6.07, 6.45) is 13.3. The van der Waals surface area contributed by atoms with E-state index >= 15 is 0 Å². The quantitative estimate of drug-likeness (QED) is 0.234. The number of carbonyl (C=O) groups excluding carboxylic acids is 2. The highest BCUT2D eigenvalue weighted by atomic mass is 16.4. The first-order valence-corrected chi connectivity index (χ1v) is 14.2. The van der Waals surface area contributed by atoms with E-state index in [4.69, 9.17) is 0 Å². The smallest absolute Gasteiger partial charge is 0.308 e. The molecule has 1 aliphatic rings. The fraction of sp³-hybridized carbons (Fsp3) is 0.625. The largest absolute Gasteiger partial charge is 0.481 e. The van der Waals surface area contributed by atoms with Crippen molar-refractivity contribution in [3.63, 3.8) is 0 Å². The third kappa shape index (κ3) is 10.8. The lowest BCUT2D eigenvalue weighted by Crippen LogP contribution is -2.63. The van der Waals surface area contributed by atoms with Gasteiger partial charge in [-0.05, 0) is 80.1 Å². The Morgan fingerprint density at radius 3 is 1.15 bits per heavy atom. The van der Waals surface area contributed by atoms with E-state index in [0.29, 0.717) is 25.9 Å². The fourth-order valence-corrected chi connectivity index (χ4v) is 5.10. The number of nitrogens with zero attached hydrogens (tertiary/aromatic N) is 2. The minimum Gasteiger partial charge on any atom is -0.481 e. The van der Waals surface area contributed by atoms with E-state index in [0.717, 1.165) is 25.7 Å². The number of aliphatic carboxylic acids is 2. The summed E-state index contributed by atoms with van der Waals surface area (Å²) >= 11 is 0. The predicted molar refractivity (Wildman–Crippen MR) is 159 cm³/mol. The number of amides is 2. The van der Waals surface area contributed by atoms with Gasteiger partial charge in [-0.3, -0.25) is 19.2 Å². The second-order valence-corrected chi connectivity index (χ2v) is 11.6. The van der Waals surface area contributed by atoms with Crippen LogP contribution in [-0.4, -0.2) is 71.0 Å². The summed E-state index contributed by atoms with van der Waals surface area (Å²) in [7, 11) is 3.11. The van der Waals surface area contributed by atoms with Gasteiger partial charge in [-0.15, -0.1) is 0 Å². The van der Waals surface area contributed by atoms with Gasteiger partial charge < -0.3 is 20.0 Å². The van der Waals surface area contributed by atoms with Crippen molar-refractivity contribution in [1.29, 1.82) is 0 Å². The molecule has 0 spiro atoms. The molecule has 0 bridgehead atoms. The van der Waals surface area contributed by atoms with Crippen molar-refractivity contribution < 1.29 is 29.4 Å². The van der Waals surface area contributed by atoms with E-state index in [-0.39, 0.29) is 0 Å². The van der Waals surface area contributed by atoms with Gasteiger partial charge in [-0.2, -0.15) is 0 Å². The van der Waals surface area contributed by atoms with Crippen LogP contribution in [-0.2, 0) is 19.2 Å². The molecule has 2 N–H and O–H groups in total. The molecule has 0 radical (unpaired) electrons. The average molecular weight is 559 g/mol. The van der Waals surface area contributed by atoms with Gasteiger partial charge in [0.25, 0.3) is 0 Å². The number of hydrogen-bond acceptors (Lipinski definition) is 4. The minimum atomic E-state index is -1.37. The van der Waals surface area contributed by atoms with Crippen LogP contribution >= 0.6 is 0 Å². The second kappa shape index (κ2) is 16.8. The lowest BCUT2D eigenvalue weighted by molar-refractivity contribution is -0.186. The third-order valence-electron chi connectivity index (χ3n) is 7.54. The zero-order chi connectivity index (χ0) is 30.6. The molecular formula is C32H50N2O6. The standard InChI is InChI=1S/C32H50N2O6/c1-21(2)13-9-15-23(5)17-11-19-33(7)29(35)25-27(31(37)38)26(28(25)32(39)40)30(36)34(8)20-12-18-24(6)16-10-14-22(3)4/h13-14,17-18,25-28H,9-12,15-16,19-20H2,1-8H3,(H,37,38)(H,39,40)/b23-17+,24-18+. The molecule has 0 aromatic carbocycles. The summed E-state index contributed by atoms with van der Waals surface area (Å²) in [5.41, 5.74) is 4.92. The van der Waals surface area contributed by atoms with Crippen LogP contribution in [0, 0.1) is 23.7 Å². The summed E-state index contributed by atoms with van der Waals surface area (Å²) in [5, 5.41) is 19.8. The van der Waals surface area contributed by atoms with Crippen molar-refractivity contribution in [2.24, 2.45) is 23.7 Å². The van der Waals surface area contributed by atoms with Crippen LogP contribution in [0.1, 0.15) is 80.1 Å². The maximum Gasteiger partial charge on any atom is 0.308 e. The number of carboxylic acid groups (broad SMARTS) is 2.